The van der Waals surface area contributed by atoms with Crippen LogP contribution in [0.1, 0.15) is 12.8 Å². The van der Waals surface area contributed by atoms with Gasteiger partial charge in [0, 0.05) is 31.4 Å². The number of nitrogens with two attached hydrogens (primary N) is 1. The summed E-state index contributed by atoms with van der Waals surface area (Å²) in [6, 6.07) is 10.6. The van der Waals surface area contributed by atoms with Gasteiger partial charge < -0.3 is 15.7 Å². The van der Waals surface area contributed by atoms with E-state index < -0.39 is 0 Å². The van der Waals surface area contributed by atoms with Crippen molar-refractivity contribution in [1.82, 2.24) is 0 Å². The monoisotopic (exact) mass is 220 g/mol. The summed E-state index contributed by atoms with van der Waals surface area (Å²) >= 11 is 0. The third-order valence-corrected chi connectivity index (χ3v) is 3.23. The lowest BCUT2D eigenvalue weighted by atomic mass is 9.92. The van der Waals surface area contributed by atoms with Gasteiger partial charge in [0.25, 0.3) is 0 Å². The van der Waals surface area contributed by atoms with E-state index in [4.69, 9.17) is 10.8 Å². The SMILES string of the molecule is NC1CC(CCO)CN(c2ccccc2)C1. The molecule has 3 nitrogen and oxygen atoms in total. The molecule has 2 atom stereocenters. The summed E-state index contributed by atoms with van der Waals surface area (Å²) in [4.78, 5) is 2.33. The highest BCUT2D eigenvalue weighted by Gasteiger charge is 2.24. The summed E-state index contributed by atoms with van der Waals surface area (Å²) in [5, 5.41) is 9.00. The van der Waals surface area contributed by atoms with Crippen LogP contribution < -0.4 is 10.6 Å². The highest BCUT2D eigenvalue weighted by Crippen LogP contribution is 2.23. The van der Waals surface area contributed by atoms with Crippen molar-refractivity contribution >= 4 is 5.69 Å². The smallest absolute Gasteiger partial charge is 0.0434 e. The minimum Gasteiger partial charge on any atom is -0.396 e. The van der Waals surface area contributed by atoms with Crippen molar-refractivity contribution in [2.24, 2.45) is 11.7 Å². The van der Waals surface area contributed by atoms with Gasteiger partial charge in [0.2, 0.25) is 0 Å². The molecule has 0 saturated carbocycles. The average molecular weight is 220 g/mol. The fourth-order valence-electron chi connectivity index (χ4n) is 2.49. The summed E-state index contributed by atoms with van der Waals surface area (Å²) in [5.74, 6) is 0.522. The number of para-hydroxylation sites is 1. The Bertz CT molecular complexity index is 315. The van der Waals surface area contributed by atoms with E-state index in [1.165, 1.54) is 5.69 Å². The van der Waals surface area contributed by atoms with Crippen LogP contribution in [0.2, 0.25) is 0 Å². The van der Waals surface area contributed by atoms with E-state index in [1.54, 1.807) is 0 Å². The number of rotatable bonds is 3. The van der Waals surface area contributed by atoms with Gasteiger partial charge in [-0.05, 0) is 30.9 Å². The van der Waals surface area contributed by atoms with Crippen molar-refractivity contribution in [1.29, 1.82) is 0 Å². The zero-order valence-electron chi connectivity index (χ0n) is 9.55. The molecule has 16 heavy (non-hydrogen) atoms. The molecule has 1 heterocycles. The second kappa shape index (κ2) is 5.32. The number of anilines is 1. The van der Waals surface area contributed by atoms with Gasteiger partial charge in [0.15, 0.2) is 0 Å². The van der Waals surface area contributed by atoms with E-state index in [9.17, 15) is 0 Å². The van der Waals surface area contributed by atoms with E-state index >= 15 is 0 Å². The summed E-state index contributed by atoms with van der Waals surface area (Å²) in [6.45, 7) is 2.20. The lowest BCUT2D eigenvalue weighted by molar-refractivity contribution is 0.238. The Morgan fingerprint density at radius 3 is 2.69 bits per heavy atom. The summed E-state index contributed by atoms with van der Waals surface area (Å²) < 4.78 is 0. The Kier molecular flexibility index (Phi) is 3.80. The van der Waals surface area contributed by atoms with Crippen molar-refractivity contribution in [2.45, 2.75) is 18.9 Å². The first-order valence-corrected chi connectivity index (χ1v) is 5.96. The van der Waals surface area contributed by atoms with Crippen molar-refractivity contribution in [3.63, 3.8) is 0 Å². The van der Waals surface area contributed by atoms with Crippen LogP contribution in [0.15, 0.2) is 30.3 Å². The maximum absolute atomic E-state index is 9.00. The molecule has 0 bridgehead atoms. The number of aliphatic hydroxyl groups is 1. The topological polar surface area (TPSA) is 49.5 Å². The van der Waals surface area contributed by atoms with E-state index in [-0.39, 0.29) is 12.6 Å². The lowest BCUT2D eigenvalue weighted by Crippen LogP contribution is -2.47. The van der Waals surface area contributed by atoms with Crippen molar-refractivity contribution in [3.05, 3.63) is 30.3 Å². The van der Waals surface area contributed by atoms with Gasteiger partial charge in [0.05, 0.1) is 0 Å². The zero-order chi connectivity index (χ0) is 11.4. The molecule has 2 rings (SSSR count). The number of benzene rings is 1. The summed E-state index contributed by atoms with van der Waals surface area (Å²) in [7, 11) is 0. The molecule has 1 saturated heterocycles. The molecule has 0 radical (unpaired) electrons. The van der Waals surface area contributed by atoms with Gasteiger partial charge in [-0.3, -0.25) is 0 Å². The highest BCUT2D eigenvalue weighted by atomic mass is 16.3. The molecule has 1 aromatic carbocycles. The van der Waals surface area contributed by atoms with Crippen molar-refractivity contribution in [2.75, 3.05) is 24.6 Å². The number of hydrogen-bond donors (Lipinski definition) is 2. The minimum absolute atomic E-state index is 0.227. The molecule has 2 unspecified atom stereocenters. The molecule has 0 aromatic heterocycles. The van der Waals surface area contributed by atoms with Crippen LogP contribution in [0.3, 0.4) is 0 Å². The quantitative estimate of drug-likeness (QED) is 0.805. The number of aliphatic hydroxyl groups excluding tert-OH is 1. The summed E-state index contributed by atoms with van der Waals surface area (Å²) in [5.41, 5.74) is 7.30. The molecule has 3 N–H and O–H groups in total. The predicted molar refractivity (Wildman–Crippen MR) is 66.4 cm³/mol. The van der Waals surface area contributed by atoms with Gasteiger partial charge >= 0.3 is 0 Å². The number of piperidine rings is 1. The zero-order valence-corrected chi connectivity index (χ0v) is 9.55. The maximum Gasteiger partial charge on any atom is 0.0434 e. The molecule has 1 aromatic rings. The molecule has 88 valence electrons. The van der Waals surface area contributed by atoms with E-state index in [0.717, 1.165) is 25.9 Å². The number of nitrogens with zero attached hydrogens (tertiary/aromatic N) is 1. The fraction of sp³-hybridized carbons (Fsp3) is 0.538. The molecule has 1 aliphatic heterocycles. The Hall–Kier alpha value is -1.06. The molecule has 0 aliphatic carbocycles. The fourth-order valence-corrected chi connectivity index (χ4v) is 2.49. The highest BCUT2D eigenvalue weighted by molar-refractivity contribution is 5.46. The molecular formula is C13H20N2O. The molecule has 0 amide bonds. The Balaban J connectivity index is 2.04. The van der Waals surface area contributed by atoms with E-state index in [2.05, 4.69) is 29.2 Å². The standard InChI is InChI=1S/C13H20N2O/c14-12-8-11(6-7-16)9-15(10-12)13-4-2-1-3-5-13/h1-5,11-12,16H,6-10,14H2. The van der Waals surface area contributed by atoms with Crippen LogP contribution in [-0.4, -0.2) is 30.8 Å². The Morgan fingerprint density at radius 1 is 1.25 bits per heavy atom. The first-order chi connectivity index (χ1) is 7.79. The molecular weight excluding hydrogens is 200 g/mol. The summed E-state index contributed by atoms with van der Waals surface area (Å²) in [6.07, 6.45) is 1.89. The first kappa shape index (κ1) is 11.4. The number of hydrogen-bond acceptors (Lipinski definition) is 3. The van der Waals surface area contributed by atoms with Gasteiger partial charge in [-0.1, -0.05) is 18.2 Å². The van der Waals surface area contributed by atoms with Crippen LogP contribution in [-0.2, 0) is 0 Å². The van der Waals surface area contributed by atoms with Gasteiger partial charge in [-0.15, -0.1) is 0 Å². The normalized spacial score (nSPS) is 25.8. The Labute approximate surface area is 96.9 Å². The Morgan fingerprint density at radius 2 is 2.00 bits per heavy atom. The van der Waals surface area contributed by atoms with Gasteiger partial charge in [-0.25, -0.2) is 0 Å². The third-order valence-electron chi connectivity index (χ3n) is 3.23. The molecule has 0 spiro atoms. The predicted octanol–water partition coefficient (Wildman–Crippen LogP) is 1.22. The molecule has 1 aliphatic rings. The second-order valence-corrected chi connectivity index (χ2v) is 4.61. The third kappa shape index (κ3) is 2.74. The lowest BCUT2D eigenvalue weighted by Gasteiger charge is -2.37. The largest absolute Gasteiger partial charge is 0.396 e. The molecule has 1 fully saturated rings. The van der Waals surface area contributed by atoms with Gasteiger partial charge in [0.1, 0.15) is 0 Å². The van der Waals surface area contributed by atoms with Gasteiger partial charge in [-0.2, -0.15) is 0 Å². The van der Waals surface area contributed by atoms with Crippen LogP contribution in [0.25, 0.3) is 0 Å². The van der Waals surface area contributed by atoms with Crippen molar-refractivity contribution < 1.29 is 5.11 Å². The average Bonchev–Trinajstić information content (AvgIpc) is 2.30. The minimum atomic E-state index is 0.227. The van der Waals surface area contributed by atoms with E-state index in [1.807, 2.05) is 6.07 Å². The second-order valence-electron chi connectivity index (χ2n) is 4.61. The van der Waals surface area contributed by atoms with Crippen LogP contribution in [0, 0.1) is 5.92 Å². The molecule has 3 heteroatoms. The van der Waals surface area contributed by atoms with Crippen LogP contribution >= 0.6 is 0 Å². The van der Waals surface area contributed by atoms with E-state index in [0.29, 0.717) is 5.92 Å². The van der Waals surface area contributed by atoms with Crippen LogP contribution in [0.5, 0.6) is 0 Å². The first-order valence-electron chi connectivity index (χ1n) is 5.96. The van der Waals surface area contributed by atoms with Crippen LogP contribution in [0.4, 0.5) is 5.69 Å². The van der Waals surface area contributed by atoms with Crippen molar-refractivity contribution in [3.8, 4) is 0 Å². The maximum atomic E-state index is 9.00.